The molecule has 0 aliphatic heterocycles. The van der Waals surface area contributed by atoms with Crippen LogP contribution < -0.4 is 20.7 Å². The Morgan fingerprint density at radius 2 is 0.961 bits per heavy atom. The number of fused-ring (bicyclic) bond motifs is 6. The van der Waals surface area contributed by atoms with Crippen molar-refractivity contribution in [2.45, 2.75) is 0 Å². The van der Waals surface area contributed by atoms with Crippen molar-refractivity contribution in [2.24, 2.45) is 0 Å². The van der Waals surface area contributed by atoms with Crippen molar-refractivity contribution in [3.63, 3.8) is 0 Å². The van der Waals surface area contributed by atoms with E-state index in [0.717, 1.165) is 22.2 Å². The minimum Gasteiger partial charge on any atom is -0.456 e. The molecule has 0 bridgehead atoms. The Bertz CT molecular complexity index is 2810. The highest BCUT2D eigenvalue weighted by molar-refractivity contribution is 7.20. The third-order valence-electron chi connectivity index (χ3n) is 10.5. The molecule has 2 heterocycles. The predicted molar refractivity (Wildman–Crippen MR) is 217 cm³/mol. The maximum Gasteiger partial charge on any atom is 0.180 e. The van der Waals surface area contributed by atoms with Crippen molar-refractivity contribution < 1.29 is 4.42 Å². The molecule has 240 valence electrons. The second-order valence-corrected chi connectivity index (χ2v) is 17.0. The molecule has 51 heavy (non-hydrogen) atoms. The summed E-state index contributed by atoms with van der Waals surface area (Å²) in [6.07, 6.45) is 0. The van der Waals surface area contributed by atoms with Gasteiger partial charge in [0.1, 0.15) is 11.2 Å². The first kappa shape index (κ1) is 29.5. The van der Waals surface area contributed by atoms with E-state index in [1.807, 2.05) is 0 Å². The van der Waals surface area contributed by atoms with Crippen LogP contribution in [-0.4, -0.2) is 12.6 Å². The first-order chi connectivity index (χ1) is 25.3. The fraction of sp³-hybridized carbons (Fsp3) is 0. The van der Waals surface area contributed by atoms with Crippen molar-refractivity contribution in [1.29, 1.82) is 0 Å². The average Bonchev–Trinajstić information content (AvgIpc) is 3.76. The summed E-state index contributed by atoms with van der Waals surface area (Å²) in [4.78, 5) is 0. The van der Waals surface area contributed by atoms with Gasteiger partial charge in [0.05, 0.1) is 11.0 Å². The SMILES string of the molecule is c1ccc(-n2c3ccccc3c3c(-c4cccc([Si](c5ccccc5)(c5ccccc5)c5cccc6oc7ccccc7c56)c4)cccc32)cc1. The van der Waals surface area contributed by atoms with Crippen molar-refractivity contribution >= 4 is 72.6 Å². The summed E-state index contributed by atoms with van der Waals surface area (Å²) in [6.45, 7) is 0. The molecule has 0 amide bonds. The molecule has 10 aromatic rings. The van der Waals surface area contributed by atoms with E-state index in [9.17, 15) is 0 Å². The lowest BCUT2D eigenvalue weighted by molar-refractivity contribution is 0.669. The highest BCUT2D eigenvalue weighted by atomic mass is 28.3. The molecule has 0 fully saturated rings. The fourth-order valence-electron chi connectivity index (χ4n) is 8.47. The van der Waals surface area contributed by atoms with Gasteiger partial charge in [-0.15, -0.1) is 0 Å². The average molecular weight is 668 g/mol. The molecule has 10 rings (SSSR count). The monoisotopic (exact) mass is 667 g/mol. The molecule has 0 unspecified atom stereocenters. The van der Waals surface area contributed by atoms with Gasteiger partial charge in [0.25, 0.3) is 0 Å². The number of para-hydroxylation sites is 3. The Kier molecular flexibility index (Phi) is 6.86. The van der Waals surface area contributed by atoms with Crippen LogP contribution >= 0.6 is 0 Å². The fourth-order valence-corrected chi connectivity index (χ4v) is 13.5. The molecule has 0 saturated carbocycles. The Balaban J connectivity index is 1.31. The van der Waals surface area contributed by atoms with Crippen LogP contribution in [0.25, 0.3) is 60.6 Å². The lowest BCUT2D eigenvalue weighted by Crippen LogP contribution is -2.74. The smallest absolute Gasteiger partial charge is 0.180 e. The van der Waals surface area contributed by atoms with Crippen LogP contribution in [0.15, 0.2) is 205 Å². The van der Waals surface area contributed by atoms with Gasteiger partial charge in [-0.2, -0.15) is 0 Å². The van der Waals surface area contributed by atoms with Crippen LogP contribution in [-0.2, 0) is 0 Å². The van der Waals surface area contributed by atoms with Gasteiger partial charge in [0.15, 0.2) is 8.07 Å². The molecule has 0 aliphatic rings. The summed E-state index contributed by atoms with van der Waals surface area (Å²) < 4.78 is 8.94. The van der Waals surface area contributed by atoms with E-state index in [2.05, 4.69) is 205 Å². The van der Waals surface area contributed by atoms with Gasteiger partial charge >= 0.3 is 0 Å². The van der Waals surface area contributed by atoms with Gasteiger partial charge in [0, 0.05) is 27.2 Å². The zero-order valence-corrected chi connectivity index (χ0v) is 28.9. The van der Waals surface area contributed by atoms with Crippen LogP contribution in [0.3, 0.4) is 0 Å². The number of aromatic nitrogens is 1. The van der Waals surface area contributed by atoms with Crippen LogP contribution in [0.1, 0.15) is 0 Å². The lowest BCUT2D eigenvalue weighted by atomic mass is 9.99. The van der Waals surface area contributed by atoms with Crippen LogP contribution in [0.2, 0.25) is 0 Å². The number of furan rings is 1. The maximum absolute atomic E-state index is 6.54. The third kappa shape index (κ3) is 4.49. The first-order valence-corrected chi connectivity index (χ1v) is 19.5. The molecule has 0 spiro atoms. The molecule has 0 aliphatic carbocycles. The van der Waals surface area contributed by atoms with Crippen molar-refractivity contribution in [3.05, 3.63) is 200 Å². The number of hydrogen-bond acceptors (Lipinski definition) is 1. The second-order valence-electron chi connectivity index (χ2n) is 13.2. The van der Waals surface area contributed by atoms with Crippen LogP contribution in [0, 0.1) is 0 Å². The quantitative estimate of drug-likeness (QED) is 0.128. The van der Waals surface area contributed by atoms with E-state index < -0.39 is 8.07 Å². The first-order valence-electron chi connectivity index (χ1n) is 17.5. The topological polar surface area (TPSA) is 18.1 Å². The Hall–Kier alpha value is -6.42. The second kappa shape index (κ2) is 11.9. The van der Waals surface area contributed by atoms with Crippen molar-refractivity contribution in [3.8, 4) is 16.8 Å². The van der Waals surface area contributed by atoms with E-state index in [4.69, 9.17) is 4.42 Å². The molecule has 8 aromatic carbocycles. The molecule has 0 saturated heterocycles. The standard InChI is InChI=1S/C48H33NOSi/c1-4-18-35(19-5-1)49-42-28-12-10-25-40(42)47-39(27-15-29-43(47)49)34-17-14-24-38(33-34)51(36-20-6-2-7-21-36,37-22-8-3-9-23-37)46-32-16-31-45-48(46)41-26-11-13-30-44(41)50-45/h1-33H. The molecule has 3 heteroatoms. The molecular formula is C48H33NOSi. The number of hydrogen-bond donors (Lipinski definition) is 0. The summed E-state index contributed by atoms with van der Waals surface area (Å²) in [6, 6.07) is 73.1. The minimum atomic E-state index is -2.94. The van der Waals surface area contributed by atoms with Gasteiger partial charge < -0.3 is 8.98 Å². The van der Waals surface area contributed by atoms with Crippen LogP contribution in [0.4, 0.5) is 0 Å². The molecule has 0 N–H and O–H groups in total. The highest BCUT2D eigenvalue weighted by Gasteiger charge is 2.43. The zero-order chi connectivity index (χ0) is 33.8. The third-order valence-corrected chi connectivity index (χ3v) is 15.3. The minimum absolute atomic E-state index is 0.916. The largest absolute Gasteiger partial charge is 0.456 e. The molecule has 2 nitrogen and oxygen atoms in total. The molecular weight excluding hydrogens is 635 g/mol. The van der Waals surface area contributed by atoms with Crippen molar-refractivity contribution in [1.82, 2.24) is 4.57 Å². The highest BCUT2D eigenvalue weighted by Crippen LogP contribution is 2.38. The van der Waals surface area contributed by atoms with Crippen molar-refractivity contribution in [2.75, 3.05) is 0 Å². The summed E-state index contributed by atoms with van der Waals surface area (Å²) >= 11 is 0. The molecule has 0 radical (unpaired) electrons. The number of nitrogens with zero attached hydrogens (tertiary/aromatic N) is 1. The predicted octanol–water partition coefficient (Wildman–Crippen LogP) is 9.73. The summed E-state index contributed by atoms with van der Waals surface area (Å²) in [5.41, 5.74) is 7.85. The van der Waals surface area contributed by atoms with E-state index in [1.165, 1.54) is 59.1 Å². The van der Waals surface area contributed by atoms with Crippen LogP contribution in [0.5, 0.6) is 0 Å². The Morgan fingerprint density at radius 1 is 0.392 bits per heavy atom. The van der Waals surface area contributed by atoms with Gasteiger partial charge in [0.2, 0.25) is 0 Å². The van der Waals surface area contributed by atoms with E-state index in [1.54, 1.807) is 0 Å². The Labute approximate surface area is 297 Å². The summed E-state index contributed by atoms with van der Waals surface area (Å²) in [5.74, 6) is 0. The van der Waals surface area contributed by atoms with Gasteiger partial charge in [-0.05, 0) is 68.3 Å². The molecule has 2 aromatic heterocycles. The summed E-state index contributed by atoms with van der Waals surface area (Å²) in [5, 5.41) is 10.2. The van der Waals surface area contributed by atoms with E-state index in [-0.39, 0.29) is 0 Å². The summed E-state index contributed by atoms with van der Waals surface area (Å²) in [7, 11) is -2.94. The zero-order valence-electron chi connectivity index (χ0n) is 27.9. The van der Waals surface area contributed by atoms with Gasteiger partial charge in [-0.25, -0.2) is 0 Å². The van der Waals surface area contributed by atoms with E-state index in [0.29, 0.717) is 0 Å². The van der Waals surface area contributed by atoms with Gasteiger partial charge in [-0.3, -0.25) is 0 Å². The number of benzene rings is 8. The number of rotatable bonds is 6. The van der Waals surface area contributed by atoms with E-state index >= 15 is 0 Å². The van der Waals surface area contributed by atoms with Gasteiger partial charge in [-0.1, -0.05) is 164 Å². The normalized spacial score (nSPS) is 11.9. The molecule has 0 atom stereocenters. The maximum atomic E-state index is 6.54. The Morgan fingerprint density at radius 3 is 1.73 bits per heavy atom. The lowest BCUT2D eigenvalue weighted by Gasteiger charge is -2.35.